The number of morpholine rings is 1. The van der Waals surface area contributed by atoms with Gasteiger partial charge in [0, 0.05) is 18.2 Å². The van der Waals surface area contributed by atoms with Gasteiger partial charge in [-0.3, -0.25) is 4.79 Å². The molecule has 0 unspecified atom stereocenters. The maximum Gasteiger partial charge on any atom is 0.265 e. The van der Waals surface area contributed by atoms with Gasteiger partial charge in [-0.15, -0.1) is 21.5 Å². The molecule has 24 heavy (non-hydrogen) atoms. The van der Waals surface area contributed by atoms with Crippen molar-refractivity contribution in [3.8, 4) is 0 Å². The molecule has 4 rings (SSSR count). The van der Waals surface area contributed by atoms with Gasteiger partial charge >= 0.3 is 0 Å². The Labute approximate surface area is 143 Å². The van der Waals surface area contributed by atoms with Gasteiger partial charge in [-0.25, -0.2) is 0 Å². The average molecular weight is 343 g/mol. The molecule has 1 atom stereocenters. The van der Waals surface area contributed by atoms with Gasteiger partial charge in [-0.05, 0) is 23.9 Å². The molecule has 1 aliphatic rings. The summed E-state index contributed by atoms with van der Waals surface area (Å²) in [6.07, 6.45) is 0. The van der Waals surface area contributed by atoms with Crippen LogP contribution in [0.3, 0.4) is 0 Å². The van der Waals surface area contributed by atoms with Gasteiger partial charge in [0.1, 0.15) is 6.04 Å². The smallest absolute Gasteiger partial charge is 0.265 e. The lowest BCUT2D eigenvalue weighted by atomic mass is 10.1. The number of amides is 1. The van der Waals surface area contributed by atoms with Crippen molar-refractivity contribution in [1.82, 2.24) is 15.1 Å². The van der Waals surface area contributed by atoms with Crippen LogP contribution >= 0.6 is 11.3 Å². The normalized spacial score (nSPS) is 18.2. The second-order valence-electron chi connectivity index (χ2n) is 5.80. The molecule has 7 heteroatoms. The number of fused-ring (bicyclic) bond motifs is 1. The molecule has 0 saturated carbocycles. The Morgan fingerprint density at radius 2 is 2.12 bits per heavy atom. The summed E-state index contributed by atoms with van der Waals surface area (Å²) in [7, 11) is 0. The van der Waals surface area contributed by atoms with Gasteiger partial charge in [0.25, 0.3) is 5.91 Å². The fraction of sp³-hybridized carbons (Fsp3) is 0.353. The zero-order valence-electron chi connectivity index (χ0n) is 13.5. The molecule has 3 heterocycles. The molecule has 124 valence electrons. The molecule has 0 spiro atoms. The van der Waals surface area contributed by atoms with Crippen molar-refractivity contribution in [1.29, 1.82) is 0 Å². The summed E-state index contributed by atoms with van der Waals surface area (Å²) in [5.41, 5.74) is 1.02. The molecular weight excluding hydrogens is 326 g/mol. The first-order valence-electron chi connectivity index (χ1n) is 7.82. The molecule has 3 aromatic rings. The highest BCUT2D eigenvalue weighted by molar-refractivity contribution is 7.21. The molecule has 1 fully saturated rings. The monoisotopic (exact) mass is 343 g/mol. The lowest BCUT2D eigenvalue weighted by Gasteiger charge is -2.33. The van der Waals surface area contributed by atoms with Crippen molar-refractivity contribution in [3.05, 3.63) is 46.5 Å². The standard InChI is InChI=1S/C17H17N3O3S/c1-10-12-5-3-4-6-14(12)24-15(10)17(21)20-7-8-22-9-13(20)16-19-18-11(2)23-16/h3-6,13H,7-9H2,1-2H3/t13-/m0/s1. The predicted molar refractivity (Wildman–Crippen MR) is 90.2 cm³/mol. The van der Waals surface area contributed by atoms with Gasteiger partial charge in [-0.2, -0.15) is 0 Å². The van der Waals surface area contributed by atoms with E-state index in [-0.39, 0.29) is 11.9 Å². The molecule has 0 radical (unpaired) electrons. The third-order valence-corrected chi connectivity index (χ3v) is 5.51. The van der Waals surface area contributed by atoms with Crippen LogP contribution in [-0.2, 0) is 4.74 Å². The Hall–Kier alpha value is -2.25. The summed E-state index contributed by atoms with van der Waals surface area (Å²) in [5.74, 6) is 0.915. The van der Waals surface area contributed by atoms with E-state index in [4.69, 9.17) is 9.15 Å². The maximum absolute atomic E-state index is 13.2. The Morgan fingerprint density at radius 3 is 2.88 bits per heavy atom. The van der Waals surface area contributed by atoms with Crippen LogP contribution in [0.1, 0.15) is 33.1 Å². The van der Waals surface area contributed by atoms with E-state index >= 15 is 0 Å². The third kappa shape index (κ3) is 2.50. The van der Waals surface area contributed by atoms with E-state index in [1.54, 1.807) is 11.8 Å². The van der Waals surface area contributed by atoms with Crippen molar-refractivity contribution < 1.29 is 13.9 Å². The molecule has 1 aromatic carbocycles. The Kier molecular flexibility index (Phi) is 3.82. The van der Waals surface area contributed by atoms with Gasteiger partial charge in [0.15, 0.2) is 0 Å². The number of hydrogen-bond donors (Lipinski definition) is 0. The van der Waals surface area contributed by atoms with Gasteiger partial charge in [0.05, 0.1) is 18.1 Å². The minimum atomic E-state index is -0.336. The molecule has 1 amide bonds. The predicted octanol–water partition coefficient (Wildman–Crippen LogP) is 3.11. The van der Waals surface area contributed by atoms with Gasteiger partial charge in [0.2, 0.25) is 11.8 Å². The van der Waals surface area contributed by atoms with Crippen LogP contribution in [-0.4, -0.2) is 40.8 Å². The maximum atomic E-state index is 13.2. The highest BCUT2D eigenvalue weighted by atomic mass is 32.1. The molecule has 0 N–H and O–H groups in total. The van der Waals surface area contributed by atoms with Gasteiger partial charge in [-0.1, -0.05) is 18.2 Å². The summed E-state index contributed by atoms with van der Waals surface area (Å²) in [5, 5.41) is 9.08. The quantitative estimate of drug-likeness (QED) is 0.715. The number of benzene rings is 1. The van der Waals surface area contributed by atoms with Gasteiger partial charge < -0.3 is 14.1 Å². The number of hydrogen-bond acceptors (Lipinski definition) is 6. The second kappa shape index (κ2) is 5.99. The molecule has 6 nitrogen and oxygen atoms in total. The van der Waals surface area contributed by atoms with Crippen molar-refractivity contribution in [3.63, 3.8) is 0 Å². The SMILES string of the molecule is Cc1nnc([C@@H]2COCCN2C(=O)c2sc3ccccc3c2C)o1. The first-order chi connectivity index (χ1) is 11.6. The average Bonchev–Trinajstić information content (AvgIpc) is 3.18. The minimum Gasteiger partial charge on any atom is -0.423 e. The van der Waals surface area contributed by atoms with E-state index in [2.05, 4.69) is 16.3 Å². The van der Waals surface area contributed by atoms with E-state index in [9.17, 15) is 4.79 Å². The summed E-state index contributed by atoms with van der Waals surface area (Å²) < 4.78 is 12.2. The summed E-state index contributed by atoms with van der Waals surface area (Å²) >= 11 is 1.53. The van der Waals surface area contributed by atoms with E-state index < -0.39 is 0 Å². The fourth-order valence-corrected chi connectivity index (χ4v) is 4.17. The van der Waals surface area contributed by atoms with Crippen LogP contribution in [0, 0.1) is 13.8 Å². The van der Waals surface area contributed by atoms with E-state index in [1.165, 1.54) is 11.3 Å². The number of thiophene rings is 1. The number of aryl methyl sites for hydroxylation is 2. The highest BCUT2D eigenvalue weighted by Gasteiger charge is 2.34. The van der Waals surface area contributed by atoms with Crippen LogP contribution in [0.25, 0.3) is 10.1 Å². The molecule has 0 bridgehead atoms. The molecule has 2 aromatic heterocycles. The lowest BCUT2D eigenvalue weighted by Crippen LogP contribution is -2.43. The first kappa shape index (κ1) is 15.3. The Balaban J connectivity index is 1.71. The number of rotatable bonds is 2. The van der Waals surface area contributed by atoms with E-state index in [0.29, 0.717) is 31.5 Å². The van der Waals surface area contributed by atoms with Crippen molar-refractivity contribution in [2.45, 2.75) is 19.9 Å². The van der Waals surface area contributed by atoms with Crippen molar-refractivity contribution in [2.75, 3.05) is 19.8 Å². The van der Waals surface area contributed by atoms with Crippen LogP contribution in [0.2, 0.25) is 0 Å². The van der Waals surface area contributed by atoms with Crippen molar-refractivity contribution >= 4 is 27.3 Å². The zero-order valence-corrected chi connectivity index (χ0v) is 14.3. The third-order valence-electron chi connectivity index (χ3n) is 4.25. The van der Waals surface area contributed by atoms with Crippen LogP contribution in [0.4, 0.5) is 0 Å². The number of carbonyl (C=O) groups is 1. The molecule has 0 aliphatic carbocycles. The van der Waals surface area contributed by atoms with Crippen LogP contribution in [0.5, 0.6) is 0 Å². The summed E-state index contributed by atoms with van der Waals surface area (Å²) in [6.45, 7) is 5.13. The Morgan fingerprint density at radius 1 is 1.29 bits per heavy atom. The first-order valence-corrected chi connectivity index (χ1v) is 8.63. The minimum absolute atomic E-state index is 0.00199. The van der Waals surface area contributed by atoms with Crippen LogP contribution in [0.15, 0.2) is 28.7 Å². The molecule has 1 aliphatic heterocycles. The summed E-state index contributed by atoms with van der Waals surface area (Å²) in [4.78, 5) is 15.7. The number of aromatic nitrogens is 2. The summed E-state index contributed by atoms with van der Waals surface area (Å²) in [6, 6.07) is 7.75. The van der Waals surface area contributed by atoms with Crippen molar-refractivity contribution in [2.24, 2.45) is 0 Å². The lowest BCUT2D eigenvalue weighted by molar-refractivity contribution is -0.0104. The fourth-order valence-electron chi connectivity index (χ4n) is 3.01. The van der Waals surface area contributed by atoms with E-state index in [1.807, 2.05) is 25.1 Å². The number of ether oxygens (including phenoxy) is 1. The topological polar surface area (TPSA) is 68.5 Å². The number of carbonyl (C=O) groups excluding carboxylic acids is 1. The van der Waals surface area contributed by atoms with E-state index in [0.717, 1.165) is 20.5 Å². The molecular formula is C17H17N3O3S. The Bertz CT molecular complexity index is 902. The zero-order chi connectivity index (χ0) is 16.7. The van der Waals surface area contributed by atoms with Crippen LogP contribution < -0.4 is 0 Å². The highest BCUT2D eigenvalue weighted by Crippen LogP contribution is 2.34. The largest absolute Gasteiger partial charge is 0.423 e. The molecule has 1 saturated heterocycles. The number of nitrogens with zero attached hydrogens (tertiary/aromatic N) is 3. The second-order valence-corrected chi connectivity index (χ2v) is 6.85.